The van der Waals surface area contributed by atoms with E-state index >= 15 is 0 Å². The monoisotopic (exact) mass is 615 g/mol. The summed E-state index contributed by atoms with van der Waals surface area (Å²) in [4.78, 5) is 58.1. The SMILES string of the molecule is CC(C)C1NC(=O)C(C)(C)/C=C/c2ccc3ccc(nc3c2)[C@@H](C)OC(=O)[C@@H]2CCCN(N2)C(=O)[C@H](COC(F)F)NC1=O. The molecule has 3 N–H and O–H groups in total. The van der Waals surface area contributed by atoms with Crippen molar-refractivity contribution in [2.75, 3.05) is 13.2 Å². The van der Waals surface area contributed by atoms with Crippen LogP contribution >= 0.6 is 0 Å². The highest BCUT2D eigenvalue weighted by Gasteiger charge is 2.37. The molecule has 0 spiro atoms. The number of nitrogens with zero attached hydrogens (tertiary/aromatic N) is 2. The molecule has 1 aromatic carbocycles. The summed E-state index contributed by atoms with van der Waals surface area (Å²) in [6.45, 7) is 4.63. The largest absolute Gasteiger partial charge is 0.455 e. The Morgan fingerprint density at radius 3 is 2.55 bits per heavy atom. The average Bonchev–Trinajstić information content (AvgIpc) is 2.99. The third-order valence-corrected chi connectivity index (χ3v) is 7.70. The smallest absolute Gasteiger partial charge is 0.345 e. The first-order chi connectivity index (χ1) is 20.7. The molecule has 1 fully saturated rings. The lowest BCUT2D eigenvalue weighted by Gasteiger charge is -2.35. The van der Waals surface area contributed by atoms with Gasteiger partial charge in [0.05, 0.1) is 23.2 Å². The average molecular weight is 616 g/mol. The van der Waals surface area contributed by atoms with Crippen molar-refractivity contribution in [1.29, 1.82) is 0 Å². The lowest BCUT2D eigenvalue weighted by molar-refractivity contribution is -0.161. The van der Waals surface area contributed by atoms with E-state index in [4.69, 9.17) is 9.72 Å². The highest BCUT2D eigenvalue weighted by atomic mass is 19.3. The molecule has 3 amide bonds. The van der Waals surface area contributed by atoms with Crippen molar-refractivity contribution in [3.8, 4) is 0 Å². The predicted molar refractivity (Wildman–Crippen MR) is 158 cm³/mol. The topological polar surface area (TPSA) is 139 Å². The summed E-state index contributed by atoms with van der Waals surface area (Å²) in [5.41, 5.74) is 3.73. The Morgan fingerprint density at radius 2 is 1.84 bits per heavy atom. The fourth-order valence-electron chi connectivity index (χ4n) is 4.95. The summed E-state index contributed by atoms with van der Waals surface area (Å²) >= 11 is 0. The normalized spacial score (nSPS) is 26.0. The number of hydrazine groups is 1. The van der Waals surface area contributed by atoms with Crippen LogP contribution in [0.5, 0.6) is 0 Å². The molecule has 0 radical (unpaired) electrons. The standard InChI is InChI=1S/C31H39F2N5O6/c1-17(2)25-26(39)35-24(16-43-30(32)33)27(40)38-14-6-7-22(37-38)28(41)44-18(3)21-11-10-20-9-8-19(15-23(20)34-21)12-13-31(4,5)29(42)36-25/h8-13,15,17-18,22,24-25,30,37H,6-7,14,16H2,1-5H3,(H,35,39)(H,36,42)/b13-12+/t18-,22+,24+,25?/m1/s1. The fraction of sp³-hybridized carbons (Fsp3) is 0.516. The van der Waals surface area contributed by atoms with Crippen molar-refractivity contribution in [3.05, 3.63) is 47.7 Å². The first-order valence-electron chi connectivity index (χ1n) is 14.6. The molecule has 2 aliphatic rings. The second-order valence-electron chi connectivity index (χ2n) is 12.0. The summed E-state index contributed by atoms with van der Waals surface area (Å²) in [6.07, 6.45) is 3.54. The number of hydrogen-bond donors (Lipinski definition) is 3. The van der Waals surface area contributed by atoms with Crippen LogP contribution < -0.4 is 16.1 Å². The molecule has 13 heteroatoms. The number of alkyl halides is 2. The van der Waals surface area contributed by atoms with Crippen molar-refractivity contribution in [2.24, 2.45) is 11.3 Å². The van der Waals surface area contributed by atoms with Crippen molar-refractivity contribution < 1.29 is 37.4 Å². The second kappa shape index (κ2) is 13.8. The van der Waals surface area contributed by atoms with Crippen LogP contribution in [0.25, 0.3) is 17.0 Å². The quantitative estimate of drug-likeness (QED) is 0.446. The zero-order valence-corrected chi connectivity index (χ0v) is 25.4. The van der Waals surface area contributed by atoms with E-state index in [2.05, 4.69) is 20.8 Å². The molecule has 0 aliphatic carbocycles. The number of rotatable bonds is 4. The third kappa shape index (κ3) is 7.94. The first-order valence-corrected chi connectivity index (χ1v) is 14.6. The van der Waals surface area contributed by atoms with E-state index in [9.17, 15) is 28.0 Å². The number of nitrogens with one attached hydrogen (secondary N) is 3. The van der Waals surface area contributed by atoms with Crippen molar-refractivity contribution >= 4 is 40.7 Å². The van der Waals surface area contributed by atoms with Gasteiger partial charge in [-0.15, -0.1) is 0 Å². The summed E-state index contributed by atoms with van der Waals surface area (Å²) in [6, 6.07) is 5.76. The summed E-state index contributed by atoms with van der Waals surface area (Å²) < 4.78 is 36.1. The van der Waals surface area contributed by atoms with Gasteiger partial charge in [-0.3, -0.25) is 24.2 Å². The number of ether oxygens (including phenoxy) is 2. The number of benzene rings is 1. The van der Waals surface area contributed by atoms with E-state index in [1.54, 1.807) is 52.8 Å². The molecule has 238 valence electrons. The summed E-state index contributed by atoms with van der Waals surface area (Å²) in [7, 11) is 0. The molecule has 2 aliphatic heterocycles. The summed E-state index contributed by atoms with van der Waals surface area (Å²) in [5.74, 6) is -3.01. The number of aromatic nitrogens is 1. The second-order valence-corrected chi connectivity index (χ2v) is 12.0. The van der Waals surface area contributed by atoms with Gasteiger partial charge in [-0.05, 0) is 57.2 Å². The van der Waals surface area contributed by atoms with E-state index < -0.39 is 72.5 Å². The van der Waals surface area contributed by atoms with E-state index in [0.717, 1.165) is 16.0 Å². The van der Waals surface area contributed by atoms with Crippen molar-refractivity contribution in [1.82, 2.24) is 26.1 Å². The Hall–Kier alpha value is -3.97. The maximum absolute atomic E-state index is 13.5. The molecule has 5 bridgehead atoms. The lowest BCUT2D eigenvalue weighted by Crippen LogP contribution is -2.62. The van der Waals surface area contributed by atoms with Crippen LogP contribution in [0.1, 0.15) is 64.8 Å². The third-order valence-electron chi connectivity index (χ3n) is 7.70. The van der Waals surface area contributed by atoms with Crippen LogP contribution in [0.2, 0.25) is 0 Å². The van der Waals surface area contributed by atoms with Crippen LogP contribution in [0.3, 0.4) is 0 Å². The van der Waals surface area contributed by atoms with E-state index in [-0.39, 0.29) is 6.54 Å². The lowest BCUT2D eigenvalue weighted by atomic mass is 9.89. The molecule has 1 unspecified atom stereocenters. The molecule has 1 aromatic heterocycles. The Morgan fingerprint density at radius 1 is 1.11 bits per heavy atom. The number of carbonyl (C=O) groups is 4. The zero-order valence-electron chi connectivity index (χ0n) is 25.4. The van der Waals surface area contributed by atoms with Crippen molar-refractivity contribution in [3.63, 3.8) is 0 Å². The Kier molecular flexibility index (Phi) is 10.3. The van der Waals surface area contributed by atoms with Gasteiger partial charge >= 0.3 is 12.6 Å². The number of cyclic esters (lactones) is 1. The van der Waals surface area contributed by atoms with Crippen LogP contribution in [-0.2, 0) is 28.7 Å². The minimum absolute atomic E-state index is 0.151. The van der Waals surface area contributed by atoms with Crippen LogP contribution in [0, 0.1) is 11.3 Å². The number of hydrogen-bond acceptors (Lipinski definition) is 8. The fourth-order valence-corrected chi connectivity index (χ4v) is 4.95. The maximum atomic E-state index is 13.5. The van der Waals surface area contributed by atoms with E-state index in [1.165, 1.54) is 0 Å². The van der Waals surface area contributed by atoms with E-state index in [0.29, 0.717) is 24.1 Å². The minimum Gasteiger partial charge on any atom is -0.455 e. The molecule has 11 nitrogen and oxygen atoms in total. The molecule has 4 rings (SSSR count). The predicted octanol–water partition coefficient (Wildman–Crippen LogP) is 3.25. The highest BCUT2D eigenvalue weighted by molar-refractivity contribution is 5.94. The first kappa shape index (κ1) is 32.9. The molecule has 4 atom stereocenters. The van der Waals surface area contributed by atoms with Crippen LogP contribution in [0.15, 0.2) is 36.4 Å². The van der Waals surface area contributed by atoms with Gasteiger partial charge in [0, 0.05) is 11.9 Å². The molecule has 3 heterocycles. The van der Waals surface area contributed by atoms with Crippen LogP contribution in [0.4, 0.5) is 8.78 Å². The molecular weight excluding hydrogens is 576 g/mol. The minimum atomic E-state index is -3.19. The van der Waals surface area contributed by atoms with Gasteiger partial charge in [0.2, 0.25) is 11.8 Å². The Balaban J connectivity index is 1.72. The number of fused-ring (bicyclic) bond motifs is 4. The highest BCUT2D eigenvalue weighted by Crippen LogP contribution is 2.25. The molecular formula is C31H39F2N5O6. The molecule has 44 heavy (non-hydrogen) atoms. The van der Waals surface area contributed by atoms with Gasteiger partial charge in [0.25, 0.3) is 5.91 Å². The Labute approximate surface area is 254 Å². The van der Waals surface area contributed by atoms with E-state index in [1.807, 2.05) is 24.3 Å². The maximum Gasteiger partial charge on any atom is 0.345 e. The molecule has 0 saturated carbocycles. The van der Waals surface area contributed by atoms with Crippen molar-refractivity contribution in [2.45, 2.75) is 78.3 Å². The van der Waals surface area contributed by atoms with Gasteiger partial charge in [-0.25, -0.2) is 10.4 Å². The molecule has 1 saturated heterocycles. The van der Waals surface area contributed by atoms with Gasteiger partial charge < -0.3 is 20.1 Å². The zero-order chi connectivity index (χ0) is 32.2. The Bertz CT molecular complexity index is 1430. The number of pyridine rings is 1. The molecule has 2 aromatic rings. The number of carbonyl (C=O) groups excluding carboxylic acids is 4. The van der Waals surface area contributed by atoms with Gasteiger partial charge in [0.15, 0.2) is 0 Å². The number of halogens is 2. The summed E-state index contributed by atoms with van der Waals surface area (Å²) in [5, 5.41) is 7.21. The van der Waals surface area contributed by atoms with Gasteiger partial charge in [0.1, 0.15) is 24.2 Å². The number of amides is 3. The van der Waals surface area contributed by atoms with Gasteiger partial charge in [-0.1, -0.05) is 44.2 Å². The van der Waals surface area contributed by atoms with Crippen LogP contribution in [-0.4, -0.2) is 71.6 Å². The van der Waals surface area contributed by atoms with Gasteiger partial charge in [-0.2, -0.15) is 8.78 Å². The number of esters is 1.